The minimum absolute atomic E-state index is 0.0360. The SMILES string of the molecule is CCNC(=O)N1CCN(c2cc(Cl)nc(SCC(=O)NCc3ccccc3)n2)CC1C. The Kier molecular flexibility index (Phi) is 8.36. The predicted octanol–water partition coefficient (Wildman–Crippen LogP) is 2.78. The summed E-state index contributed by atoms with van der Waals surface area (Å²) in [6.07, 6.45) is 0. The zero-order valence-corrected chi connectivity index (χ0v) is 19.2. The highest BCUT2D eigenvalue weighted by atomic mass is 35.5. The molecule has 0 bridgehead atoms. The maximum absolute atomic E-state index is 12.2. The molecule has 1 aliphatic heterocycles. The van der Waals surface area contributed by atoms with Crippen LogP contribution in [-0.2, 0) is 11.3 Å². The number of benzene rings is 1. The number of nitrogens with one attached hydrogen (secondary N) is 2. The summed E-state index contributed by atoms with van der Waals surface area (Å²) < 4.78 is 0. The Labute approximate surface area is 191 Å². The van der Waals surface area contributed by atoms with Gasteiger partial charge in [-0.2, -0.15) is 0 Å². The first-order valence-electron chi connectivity index (χ1n) is 10.2. The zero-order valence-electron chi connectivity index (χ0n) is 17.7. The van der Waals surface area contributed by atoms with Crippen LogP contribution >= 0.6 is 23.4 Å². The van der Waals surface area contributed by atoms with Gasteiger partial charge in [0.1, 0.15) is 11.0 Å². The largest absolute Gasteiger partial charge is 0.353 e. The van der Waals surface area contributed by atoms with Crippen molar-refractivity contribution in [2.24, 2.45) is 0 Å². The average molecular weight is 463 g/mol. The van der Waals surface area contributed by atoms with Crippen molar-refractivity contribution in [2.45, 2.75) is 31.6 Å². The lowest BCUT2D eigenvalue weighted by Gasteiger charge is -2.40. The van der Waals surface area contributed by atoms with Crippen molar-refractivity contribution in [2.75, 3.05) is 36.8 Å². The highest BCUT2D eigenvalue weighted by molar-refractivity contribution is 7.99. The number of anilines is 1. The molecule has 0 radical (unpaired) electrons. The number of thioether (sulfide) groups is 1. The fourth-order valence-corrected chi connectivity index (χ4v) is 4.22. The van der Waals surface area contributed by atoms with E-state index in [0.717, 1.165) is 5.56 Å². The lowest BCUT2D eigenvalue weighted by atomic mass is 10.2. The molecular weight excluding hydrogens is 436 g/mol. The summed E-state index contributed by atoms with van der Waals surface area (Å²) in [5.74, 6) is 0.811. The molecule has 3 rings (SSSR count). The van der Waals surface area contributed by atoms with Gasteiger partial charge in [0.05, 0.1) is 5.75 Å². The number of rotatable bonds is 7. The summed E-state index contributed by atoms with van der Waals surface area (Å²) in [6, 6.07) is 11.5. The maximum Gasteiger partial charge on any atom is 0.317 e. The van der Waals surface area contributed by atoms with Crippen molar-refractivity contribution < 1.29 is 9.59 Å². The molecular formula is C21H27ClN6O2S. The smallest absolute Gasteiger partial charge is 0.317 e. The van der Waals surface area contributed by atoms with Crippen LogP contribution in [0.5, 0.6) is 0 Å². The van der Waals surface area contributed by atoms with Crippen LogP contribution in [0.1, 0.15) is 19.4 Å². The Morgan fingerprint density at radius 1 is 1.19 bits per heavy atom. The van der Waals surface area contributed by atoms with Gasteiger partial charge in [0.2, 0.25) is 5.91 Å². The number of hydrogen-bond donors (Lipinski definition) is 2. The second-order valence-electron chi connectivity index (χ2n) is 7.21. The van der Waals surface area contributed by atoms with Crippen LogP contribution < -0.4 is 15.5 Å². The fourth-order valence-electron chi connectivity index (χ4n) is 3.31. The van der Waals surface area contributed by atoms with Gasteiger partial charge in [0, 0.05) is 44.8 Å². The Hall–Kier alpha value is -2.52. The number of carbonyl (C=O) groups excluding carboxylic acids is 2. The van der Waals surface area contributed by atoms with Crippen LogP contribution in [-0.4, -0.2) is 64.8 Å². The van der Waals surface area contributed by atoms with E-state index in [2.05, 4.69) is 25.5 Å². The number of amides is 3. The molecule has 8 nitrogen and oxygen atoms in total. The molecule has 2 N–H and O–H groups in total. The van der Waals surface area contributed by atoms with E-state index in [9.17, 15) is 9.59 Å². The van der Waals surface area contributed by atoms with Gasteiger partial charge in [-0.25, -0.2) is 14.8 Å². The van der Waals surface area contributed by atoms with Gasteiger partial charge in [-0.1, -0.05) is 53.7 Å². The number of urea groups is 1. The Morgan fingerprint density at radius 2 is 1.97 bits per heavy atom. The fraction of sp³-hybridized carbons (Fsp3) is 0.429. The lowest BCUT2D eigenvalue weighted by molar-refractivity contribution is -0.118. The molecule has 2 aromatic rings. The van der Waals surface area contributed by atoms with E-state index in [-0.39, 0.29) is 23.7 Å². The van der Waals surface area contributed by atoms with E-state index in [1.165, 1.54) is 11.8 Å². The molecule has 10 heteroatoms. The van der Waals surface area contributed by atoms with E-state index < -0.39 is 0 Å². The van der Waals surface area contributed by atoms with Crippen molar-refractivity contribution in [1.82, 2.24) is 25.5 Å². The van der Waals surface area contributed by atoms with Gasteiger partial charge in [0.25, 0.3) is 0 Å². The van der Waals surface area contributed by atoms with Crippen LogP contribution in [0.4, 0.5) is 10.6 Å². The summed E-state index contributed by atoms with van der Waals surface area (Å²) in [7, 11) is 0. The Morgan fingerprint density at radius 3 is 2.68 bits per heavy atom. The molecule has 1 saturated heterocycles. The number of hydrogen-bond acceptors (Lipinski definition) is 6. The first-order chi connectivity index (χ1) is 15.0. The van der Waals surface area contributed by atoms with Gasteiger partial charge >= 0.3 is 6.03 Å². The van der Waals surface area contributed by atoms with E-state index >= 15 is 0 Å². The summed E-state index contributed by atoms with van der Waals surface area (Å²) in [5.41, 5.74) is 1.04. The van der Waals surface area contributed by atoms with Crippen LogP contribution in [0.15, 0.2) is 41.6 Å². The lowest BCUT2D eigenvalue weighted by Crippen LogP contribution is -2.56. The highest BCUT2D eigenvalue weighted by Crippen LogP contribution is 2.24. The van der Waals surface area contributed by atoms with Gasteiger partial charge in [-0.3, -0.25) is 4.79 Å². The number of carbonyl (C=O) groups is 2. The highest BCUT2D eigenvalue weighted by Gasteiger charge is 2.28. The van der Waals surface area contributed by atoms with Gasteiger partial charge < -0.3 is 20.4 Å². The number of aromatic nitrogens is 2. The molecule has 1 aliphatic rings. The summed E-state index contributed by atoms with van der Waals surface area (Å²) in [5, 5.41) is 6.52. The average Bonchev–Trinajstić information content (AvgIpc) is 2.76. The van der Waals surface area contributed by atoms with E-state index in [1.54, 1.807) is 6.07 Å². The van der Waals surface area contributed by atoms with E-state index in [4.69, 9.17) is 11.6 Å². The van der Waals surface area contributed by atoms with Crippen LogP contribution in [0.25, 0.3) is 0 Å². The summed E-state index contributed by atoms with van der Waals surface area (Å²) >= 11 is 7.47. The topological polar surface area (TPSA) is 90.5 Å². The molecule has 1 fully saturated rings. The Balaban J connectivity index is 1.55. The van der Waals surface area contributed by atoms with E-state index in [0.29, 0.717) is 48.9 Å². The number of nitrogens with zero attached hydrogens (tertiary/aromatic N) is 4. The minimum Gasteiger partial charge on any atom is -0.353 e. The molecule has 3 amide bonds. The van der Waals surface area contributed by atoms with Crippen LogP contribution in [0.3, 0.4) is 0 Å². The molecule has 1 atom stereocenters. The molecule has 0 saturated carbocycles. The third kappa shape index (κ3) is 6.73. The third-order valence-electron chi connectivity index (χ3n) is 4.87. The molecule has 166 valence electrons. The molecule has 0 aliphatic carbocycles. The monoisotopic (exact) mass is 462 g/mol. The van der Waals surface area contributed by atoms with Crippen molar-refractivity contribution >= 4 is 41.1 Å². The summed E-state index contributed by atoms with van der Waals surface area (Å²) in [6.45, 7) is 6.89. The second kappa shape index (κ2) is 11.2. The van der Waals surface area contributed by atoms with Crippen molar-refractivity contribution in [3.05, 3.63) is 47.1 Å². The molecule has 1 aromatic carbocycles. The van der Waals surface area contributed by atoms with Crippen molar-refractivity contribution in [3.8, 4) is 0 Å². The molecule has 1 aromatic heterocycles. The molecule has 31 heavy (non-hydrogen) atoms. The molecule has 2 heterocycles. The van der Waals surface area contributed by atoms with E-state index in [1.807, 2.05) is 49.1 Å². The number of halogens is 1. The van der Waals surface area contributed by atoms with Gasteiger partial charge in [0.15, 0.2) is 5.16 Å². The van der Waals surface area contributed by atoms with Crippen molar-refractivity contribution in [1.29, 1.82) is 0 Å². The molecule has 0 spiro atoms. The zero-order chi connectivity index (χ0) is 22.2. The van der Waals surface area contributed by atoms with Gasteiger partial charge in [-0.05, 0) is 19.4 Å². The standard InChI is InChI=1S/C21H27ClN6O2S/c1-3-23-21(30)28-10-9-27(13-15(28)2)18-11-17(22)25-20(26-18)31-14-19(29)24-12-16-7-5-4-6-8-16/h4-8,11,15H,3,9-10,12-14H2,1-2H3,(H,23,30)(H,24,29). The van der Waals surface area contributed by atoms with Gasteiger partial charge in [-0.15, -0.1) is 0 Å². The Bertz CT molecular complexity index is 901. The number of piperazine rings is 1. The third-order valence-corrected chi connectivity index (χ3v) is 5.91. The first-order valence-corrected chi connectivity index (χ1v) is 11.6. The predicted molar refractivity (Wildman–Crippen MR) is 124 cm³/mol. The minimum atomic E-state index is -0.0943. The summed E-state index contributed by atoms with van der Waals surface area (Å²) in [4.78, 5) is 37.1. The maximum atomic E-state index is 12.2. The normalized spacial score (nSPS) is 16.2. The van der Waals surface area contributed by atoms with Crippen molar-refractivity contribution in [3.63, 3.8) is 0 Å². The van der Waals surface area contributed by atoms with Crippen LogP contribution in [0.2, 0.25) is 5.15 Å². The quantitative estimate of drug-likeness (QED) is 0.373. The molecule has 1 unspecified atom stereocenters. The first kappa shape index (κ1) is 23.1. The second-order valence-corrected chi connectivity index (χ2v) is 8.54. The van der Waals surface area contributed by atoms with Crippen LogP contribution in [0, 0.1) is 0 Å².